The van der Waals surface area contributed by atoms with Gasteiger partial charge in [-0.2, -0.15) is 0 Å². The van der Waals surface area contributed by atoms with Gasteiger partial charge in [0.05, 0.1) is 6.54 Å². The van der Waals surface area contributed by atoms with Gasteiger partial charge in [0.25, 0.3) is 5.91 Å². The standard InChI is InChI=1S/C18H19NO4S/c1-24-14-4-2-3-12(9-14)11-5-7-13(8-6-11)19-10-15(20)16(21)17(22)18(19)23/h2-9,15-17,20-22H,10H2,1H3/t15-,16+,17+/m0/s1. The number of rotatable bonds is 3. The van der Waals surface area contributed by atoms with Crippen molar-refractivity contribution in [3.8, 4) is 11.1 Å². The number of nitrogens with zero attached hydrogens (tertiary/aromatic N) is 1. The number of β-amino-alcohol motifs (C(OH)–C–C–N with tert-alkyl or cyclic N) is 1. The van der Waals surface area contributed by atoms with Crippen LogP contribution in [0.2, 0.25) is 0 Å². The molecule has 0 saturated carbocycles. The number of carbonyl (C=O) groups is 1. The Hall–Kier alpha value is -1.86. The van der Waals surface area contributed by atoms with Crippen LogP contribution in [0.3, 0.4) is 0 Å². The number of aliphatic hydroxyl groups excluding tert-OH is 3. The summed E-state index contributed by atoms with van der Waals surface area (Å²) < 4.78 is 0. The molecule has 1 saturated heterocycles. The molecule has 0 aromatic heterocycles. The lowest BCUT2D eigenvalue weighted by molar-refractivity contribution is -0.143. The number of benzene rings is 2. The molecule has 126 valence electrons. The molecule has 0 radical (unpaired) electrons. The van der Waals surface area contributed by atoms with Gasteiger partial charge in [0.15, 0.2) is 6.10 Å². The summed E-state index contributed by atoms with van der Waals surface area (Å²) in [6.07, 6.45) is -2.19. The third-order valence-corrected chi connectivity index (χ3v) is 4.91. The van der Waals surface area contributed by atoms with E-state index in [4.69, 9.17) is 0 Å². The Bertz CT molecular complexity index is 734. The zero-order valence-electron chi connectivity index (χ0n) is 13.2. The quantitative estimate of drug-likeness (QED) is 0.735. The molecule has 5 nitrogen and oxygen atoms in total. The fraction of sp³-hybridized carbons (Fsp3) is 0.278. The minimum atomic E-state index is -1.60. The Morgan fingerprint density at radius 2 is 1.75 bits per heavy atom. The maximum Gasteiger partial charge on any atom is 0.258 e. The van der Waals surface area contributed by atoms with Gasteiger partial charge in [0.2, 0.25) is 0 Å². The van der Waals surface area contributed by atoms with Crippen LogP contribution >= 0.6 is 11.8 Å². The summed E-state index contributed by atoms with van der Waals surface area (Å²) in [5.41, 5.74) is 2.67. The van der Waals surface area contributed by atoms with E-state index in [0.29, 0.717) is 5.69 Å². The normalized spacial score (nSPS) is 24.2. The van der Waals surface area contributed by atoms with Crippen molar-refractivity contribution in [3.05, 3.63) is 48.5 Å². The van der Waals surface area contributed by atoms with Crippen molar-refractivity contribution < 1.29 is 20.1 Å². The highest BCUT2D eigenvalue weighted by atomic mass is 32.2. The number of hydrogen-bond donors (Lipinski definition) is 3. The summed E-state index contributed by atoms with van der Waals surface area (Å²) in [6, 6.07) is 15.5. The molecule has 2 aromatic carbocycles. The second kappa shape index (κ2) is 6.94. The Morgan fingerprint density at radius 3 is 2.42 bits per heavy atom. The van der Waals surface area contributed by atoms with Crippen LogP contribution in [0, 0.1) is 0 Å². The highest BCUT2D eigenvalue weighted by Crippen LogP contribution is 2.28. The van der Waals surface area contributed by atoms with Gasteiger partial charge in [0.1, 0.15) is 12.2 Å². The number of amides is 1. The Kier molecular flexibility index (Phi) is 4.91. The zero-order chi connectivity index (χ0) is 17.3. The van der Waals surface area contributed by atoms with Crippen molar-refractivity contribution in [3.63, 3.8) is 0 Å². The van der Waals surface area contributed by atoms with Gasteiger partial charge in [-0.3, -0.25) is 4.79 Å². The molecule has 1 aliphatic heterocycles. The van der Waals surface area contributed by atoms with Crippen molar-refractivity contribution in [1.82, 2.24) is 0 Å². The smallest absolute Gasteiger partial charge is 0.258 e. The molecule has 0 unspecified atom stereocenters. The van der Waals surface area contributed by atoms with E-state index in [1.165, 1.54) is 9.80 Å². The Balaban J connectivity index is 1.85. The molecule has 1 amide bonds. The first-order chi connectivity index (χ1) is 11.5. The third-order valence-electron chi connectivity index (χ3n) is 4.19. The lowest BCUT2D eigenvalue weighted by Crippen LogP contribution is -2.59. The largest absolute Gasteiger partial charge is 0.388 e. The molecular formula is C18H19NO4S. The lowest BCUT2D eigenvalue weighted by Gasteiger charge is -2.36. The molecule has 24 heavy (non-hydrogen) atoms. The van der Waals surface area contributed by atoms with E-state index in [1.807, 2.05) is 36.6 Å². The van der Waals surface area contributed by atoms with E-state index in [-0.39, 0.29) is 6.54 Å². The van der Waals surface area contributed by atoms with Gasteiger partial charge in [0, 0.05) is 10.6 Å². The molecule has 1 heterocycles. The summed E-state index contributed by atoms with van der Waals surface area (Å²) in [5, 5.41) is 29.1. The molecule has 1 aliphatic rings. The van der Waals surface area contributed by atoms with Gasteiger partial charge in [-0.15, -0.1) is 11.8 Å². The van der Waals surface area contributed by atoms with E-state index >= 15 is 0 Å². The van der Waals surface area contributed by atoms with Crippen molar-refractivity contribution in [1.29, 1.82) is 0 Å². The van der Waals surface area contributed by atoms with Crippen LogP contribution in [0.1, 0.15) is 0 Å². The van der Waals surface area contributed by atoms with Crippen molar-refractivity contribution in [2.24, 2.45) is 0 Å². The number of anilines is 1. The summed E-state index contributed by atoms with van der Waals surface area (Å²) >= 11 is 1.67. The van der Waals surface area contributed by atoms with Crippen LogP contribution in [-0.2, 0) is 4.79 Å². The summed E-state index contributed by atoms with van der Waals surface area (Å²) in [5.74, 6) is -0.607. The van der Waals surface area contributed by atoms with E-state index in [1.54, 1.807) is 23.9 Å². The molecule has 3 rings (SSSR count). The zero-order valence-corrected chi connectivity index (χ0v) is 14.0. The van der Waals surface area contributed by atoms with Gasteiger partial charge < -0.3 is 20.2 Å². The SMILES string of the molecule is CSc1cccc(-c2ccc(N3C[C@H](O)[C@@H](O)[C@@H](O)C3=O)cc2)c1. The number of hydrogen-bond acceptors (Lipinski definition) is 5. The van der Waals surface area contributed by atoms with Crippen LogP contribution in [0.4, 0.5) is 5.69 Å². The predicted molar refractivity (Wildman–Crippen MR) is 94.0 cm³/mol. The second-order valence-electron chi connectivity index (χ2n) is 5.73. The number of thioether (sulfide) groups is 1. The maximum absolute atomic E-state index is 12.1. The van der Waals surface area contributed by atoms with Crippen LogP contribution in [-0.4, -0.2) is 52.3 Å². The molecule has 1 fully saturated rings. The molecule has 2 aromatic rings. The number of carbonyl (C=O) groups excluding carboxylic acids is 1. The van der Waals surface area contributed by atoms with Crippen LogP contribution in [0.25, 0.3) is 11.1 Å². The first-order valence-electron chi connectivity index (χ1n) is 7.61. The fourth-order valence-corrected chi connectivity index (χ4v) is 3.23. The van der Waals surface area contributed by atoms with Crippen LogP contribution in [0.15, 0.2) is 53.4 Å². The first kappa shape index (κ1) is 17.0. The molecule has 3 atom stereocenters. The van der Waals surface area contributed by atoms with Gasteiger partial charge in [-0.25, -0.2) is 0 Å². The molecule has 6 heteroatoms. The highest BCUT2D eigenvalue weighted by molar-refractivity contribution is 7.98. The molecule has 0 spiro atoms. The first-order valence-corrected chi connectivity index (χ1v) is 8.84. The maximum atomic E-state index is 12.1. The summed E-state index contributed by atoms with van der Waals surface area (Å²) in [7, 11) is 0. The van der Waals surface area contributed by atoms with E-state index < -0.39 is 24.2 Å². The number of piperidine rings is 1. The van der Waals surface area contributed by atoms with E-state index in [2.05, 4.69) is 6.07 Å². The Morgan fingerprint density at radius 1 is 1.04 bits per heavy atom. The fourth-order valence-electron chi connectivity index (χ4n) is 2.77. The lowest BCUT2D eigenvalue weighted by atomic mass is 9.99. The molecule has 0 bridgehead atoms. The topological polar surface area (TPSA) is 81.0 Å². The van der Waals surface area contributed by atoms with E-state index in [0.717, 1.165) is 11.1 Å². The van der Waals surface area contributed by atoms with Crippen molar-refractivity contribution in [2.45, 2.75) is 23.2 Å². The van der Waals surface area contributed by atoms with Gasteiger partial charge >= 0.3 is 0 Å². The van der Waals surface area contributed by atoms with Gasteiger partial charge in [-0.1, -0.05) is 24.3 Å². The highest BCUT2D eigenvalue weighted by Gasteiger charge is 2.40. The van der Waals surface area contributed by atoms with Gasteiger partial charge in [-0.05, 0) is 41.6 Å². The molecule has 0 aliphatic carbocycles. The minimum absolute atomic E-state index is 0.0433. The van der Waals surface area contributed by atoms with Crippen molar-refractivity contribution in [2.75, 3.05) is 17.7 Å². The Labute approximate surface area is 144 Å². The van der Waals surface area contributed by atoms with Crippen molar-refractivity contribution >= 4 is 23.4 Å². The summed E-state index contributed by atoms with van der Waals surface area (Å²) in [4.78, 5) is 14.6. The van der Waals surface area contributed by atoms with E-state index in [9.17, 15) is 20.1 Å². The molecule has 3 N–H and O–H groups in total. The summed E-state index contributed by atoms with van der Waals surface area (Å²) in [6.45, 7) is -0.0433. The van der Waals surface area contributed by atoms with Crippen LogP contribution in [0.5, 0.6) is 0 Å². The average Bonchev–Trinajstić information content (AvgIpc) is 2.63. The van der Waals surface area contributed by atoms with Crippen LogP contribution < -0.4 is 4.90 Å². The second-order valence-corrected chi connectivity index (χ2v) is 6.61. The number of aliphatic hydroxyl groups is 3. The monoisotopic (exact) mass is 345 g/mol. The third kappa shape index (κ3) is 3.18. The minimum Gasteiger partial charge on any atom is -0.388 e. The average molecular weight is 345 g/mol. The molecular weight excluding hydrogens is 326 g/mol. The predicted octanol–water partition coefficient (Wildman–Crippen LogP) is 1.50.